The Balaban J connectivity index is 2.13. The van der Waals surface area contributed by atoms with Crippen LogP contribution in [-0.2, 0) is 12.8 Å². The van der Waals surface area contributed by atoms with Gasteiger partial charge in [0.1, 0.15) is 5.82 Å². The van der Waals surface area contributed by atoms with Crippen molar-refractivity contribution in [3.8, 4) is 5.69 Å². The molecular weight excluding hydrogens is 222 g/mol. The summed E-state index contributed by atoms with van der Waals surface area (Å²) in [5.74, 6) is 1.20. The maximum Gasteiger partial charge on any atom is 0.133 e. The van der Waals surface area contributed by atoms with Crippen molar-refractivity contribution in [3.05, 3.63) is 41.1 Å². The number of nitrogens with one attached hydrogen (secondary N) is 1. The van der Waals surface area contributed by atoms with Crippen molar-refractivity contribution in [1.29, 1.82) is 0 Å². The van der Waals surface area contributed by atoms with Gasteiger partial charge in [-0.05, 0) is 31.4 Å². The SMILES string of the molecule is CCCc1nn(-c2ccccc2C)c2c1CCN2. The van der Waals surface area contributed by atoms with Gasteiger partial charge in [0, 0.05) is 12.1 Å². The van der Waals surface area contributed by atoms with E-state index in [0.29, 0.717) is 0 Å². The molecule has 0 saturated carbocycles. The second-order valence-electron chi connectivity index (χ2n) is 4.90. The van der Waals surface area contributed by atoms with E-state index < -0.39 is 0 Å². The van der Waals surface area contributed by atoms with E-state index in [1.54, 1.807) is 0 Å². The molecule has 0 atom stereocenters. The van der Waals surface area contributed by atoms with Crippen LogP contribution in [0.4, 0.5) is 5.82 Å². The van der Waals surface area contributed by atoms with Crippen molar-refractivity contribution in [2.24, 2.45) is 0 Å². The van der Waals surface area contributed by atoms with Gasteiger partial charge in [-0.1, -0.05) is 31.5 Å². The van der Waals surface area contributed by atoms with E-state index in [1.807, 2.05) is 0 Å². The highest BCUT2D eigenvalue weighted by Gasteiger charge is 2.22. The van der Waals surface area contributed by atoms with E-state index in [-0.39, 0.29) is 0 Å². The number of benzene rings is 1. The van der Waals surface area contributed by atoms with E-state index in [2.05, 4.69) is 48.1 Å². The second-order valence-corrected chi connectivity index (χ2v) is 4.90. The van der Waals surface area contributed by atoms with E-state index in [1.165, 1.54) is 28.3 Å². The van der Waals surface area contributed by atoms with Crippen LogP contribution in [0, 0.1) is 6.92 Å². The first-order chi connectivity index (χ1) is 8.81. The lowest BCUT2D eigenvalue weighted by Crippen LogP contribution is -2.06. The summed E-state index contributed by atoms with van der Waals surface area (Å²) < 4.78 is 2.09. The number of rotatable bonds is 3. The molecule has 0 unspecified atom stereocenters. The van der Waals surface area contributed by atoms with Crippen molar-refractivity contribution in [3.63, 3.8) is 0 Å². The third-order valence-electron chi connectivity index (χ3n) is 3.56. The molecule has 1 N–H and O–H groups in total. The molecule has 0 radical (unpaired) electrons. The summed E-state index contributed by atoms with van der Waals surface area (Å²) in [4.78, 5) is 0. The predicted molar refractivity (Wildman–Crippen MR) is 74.5 cm³/mol. The minimum atomic E-state index is 1.04. The van der Waals surface area contributed by atoms with Crippen LogP contribution < -0.4 is 5.32 Å². The molecule has 3 heteroatoms. The molecule has 2 heterocycles. The predicted octanol–water partition coefficient (Wildman–Crippen LogP) is 3.10. The number of para-hydroxylation sites is 1. The van der Waals surface area contributed by atoms with Crippen LogP contribution in [0.5, 0.6) is 0 Å². The quantitative estimate of drug-likeness (QED) is 0.895. The fraction of sp³-hybridized carbons (Fsp3) is 0.400. The third-order valence-corrected chi connectivity index (χ3v) is 3.56. The van der Waals surface area contributed by atoms with Crippen molar-refractivity contribution in [2.45, 2.75) is 33.1 Å². The van der Waals surface area contributed by atoms with E-state index >= 15 is 0 Å². The summed E-state index contributed by atoms with van der Waals surface area (Å²) in [7, 11) is 0. The van der Waals surface area contributed by atoms with Gasteiger partial charge >= 0.3 is 0 Å². The Bertz CT molecular complexity index is 569. The summed E-state index contributed by atoms with van der Waals surface area (Å²) >= 11 is 0. The van der Waals surface area contributed by atoms with Gasteiger partial charge in [-0.3, -0.25) is 0 Å². The molecule has 0 spiro atoms. The lowest BCUT2D eigenvalue weighted by atomic mass is 10.1. The lowest BCUT2D eigenvalue weighted by Gasteiger charge is -2.09. The monoisotopic (exact) mass is 241 g/mol. The Morgan fingerprint density at radius 2 is 2.17 bits per heavy atom. The highest BCUT2D eigenvalue weighted by molar-refractivity contribution is 5.58. The van der Waals surface area contributed by atoms with Crippen LogP contribution in [0.1, 0.15) is 30.2 Å². The molecule has 18 heavy (non-hydrogen) atoms. The van der Waals surface area contributed by atoms with Gasteiger partial charge < -0.3 is 5.32 Å². The Morgan fingerprint density at radius 3 is 2.94 bits per heavy atom. The van der Waals surface area contributed by atoms with Gasteiger partial charge in [0.15, 0.2) is 0 Å². The molecular formula is C15H19N3. The van der Waals surface area contributed by atoms with E-state index in [4.69, 9.17) is 5.10 Å². The Morgan fingerprint density at radius 1 is 1.33 bits per heavy atom. The average molecular weight is 241 g/mol. The molecule has 94 valence electrons. The minimum Gasteiger partial charge on any atom is -0.369 e. The molecule has 0 saturated heterocycles. The molecule has 3 nitrogen and oxygen atoms in total. The zero-order valence-corrected chi connectivity index (χ0v) is 11.0. The summed E-state index contributed by atoms with van der Waals surface area (Å²) in [6.07, 6.45) is 3.33. The largest absolute Gasteiger partial charge is 0.369 e. The van der Waals surface area contributed by atoms with Crippen LogP contribution in [-0.4, -0.2) is 16.3 Å². The van der Waals surface area contributed by atoms with Crippen molar-refractivity contribution in [2.75, 3.05) is 11.9 Å². The maximum atomic E-state index is 4.81. The van der Waals surface area contributed by atoms with Gasteiger partial charge in [-0.2, -0.15) is 5.10 Å². The fourth-order valence-electron chi connectivity index (χ4n) is 2.66. The Hall–Kier alpha value is -1.77. The molecule has 1 aromatic heterocycles. The third kappa shape index (κ3) is 1.70. The van der Waals surface area contributed by atoms with Crippen molar-refractivity contribution < 1.29 is 0 Å². The summed E-state index contributed by atoms with van der Waals surface area (Å²) in [5.41, 5.74) is 5.13. The molecule has 0 fully saturated rings. The molecule has 1 aliphatic rings. The minimum absolute atomic E-state index is 1.04. The van der Waals surface area contributed by atoms with Gasteiger partial charge in [0.2, 0.25) is 0 Å². The van der Waals surface area contributed by atoms with Crippen LogP contribution in [0.3, 0.4) is 0 Å². The number of anilines is 1. The van der Waals surface area contributed by atoms with Crippen LogP contribution in [0.2, 0.25) is 0 Å². The number of hydrogen-bond donors (Lipinski definition) is 1. The van der Waals surface area contributed by atoms with Crippen LogP contribution >= 0.6 is 0 Å². The van der Waals surface area contributed by atoms with Gasteiger partial charge in [0.25, 0.3) is 0 Å². The Labute approximate surface area is 108 Å². The summed E-state index contributed by atoms with van der Waals surface area (Å²) in [6.45, 7) is 5.38. The number of aryl methyl sites for hydroxylation is 2. The van der Waals surface area contributed by atoms with Crippen molar-refractivity contribution >= 4 is 5.82 Å². The number of aromatic nitrogens is 2. The molecule has 0 bridgehead atoms. The first-order valence-corrected chi connectivity index (χ1v) is 6.72. The lowest BCUT2D eigenvalue weighted by molar-refractivity contribution is 0.793. The highest BCUT2D eigenvalue weighted by atomic mass is 15.3. The molecule has 0 amide bonds. The van der Waals surface area contributed by atoms with Gasteiger partial charge in [0.05, 0.1) is 11.4 Å². The summed E-state index contributed by atoms with van der Waals surface area (Å²) in [5, 5.41) is 8.28. The zero-order chi connectivity index (χ0) is 12.5. The number of nitrogens with zero attached hydrogens (tertiary/aromatic N) is 2. The average Bonchev–Trinajstić information content (AvgIpc) is 2.94. The van der Waals surface area contributed by atoms with Gasteiger partial charge in [-0.25, -0.2) is 4.68 Å². The number of fused-ring (bicyclic) bond motifs is 1. The van der Waals surface area contributed by atoms with Crippen molar-refractivity contribution in [1.82, 2.24) is 9.78 Å². The van der Waals surface area contributed by atoms with Crippen LogP contribution in [0.25, 0.3) is 5.69 Å². The Kier molecular flexibility index (Phi) is 2.82. The standard InChI is InChI=1S/C15H19N3/c1-3-6-13-12-9-10-16-15(12)18(17-13)14-8-5-4-7-11(14)2/h4-5,7-8,16H,3,6,9-10H2,1-2H3. The maximum absolute atomic E-state index is 4.81. The molecule has 3 rings (SSSR count). The first-order valence-electron chi connectivity index (χ1n) is 6.72. The smallest absolute Gasteiger partial charge is 0.133 e. The number of hydrogen-bond acceptors (Lipinski definition) is 2. The topological polar surface area (TPSA) is 29.9 Å². The van der Waals surface area contributed by atoms with E-state index in [9.17, 15) is 0 Å². The molecule has 0 aliphatic carbocycles. The van der Waals surface area contributed by atoms with Gasteiger partial charge in [-0.15, -0.1) is 0 Å². The normalized spacial score (nSPS) is 13.4. The second kappa shape index (κ2) is 4.48. The first kappa shape index (κ1) is 11.3. The molecule has 1 aromatic carbocycles. The van der Waals surface area contributed by atoms with E-state index in [0.717, 1.165) is 25.8 Å². The fourth-order valence-corrected chi connectivity index (χ4v) is 2.66. The highest BCUT2D eigenvalue weighted by Crippen LogP contribution is 2.30. The van der Waals surface area contributed by atoms with Crippen LogP contribution in [0.15, 0.2) is 24.3 Å². The molecule has 1 aliphatic heterocycles. The summed E-state index contributed by atoms with van der Waals surface area (Å²) in [6, 6.07) is 8.42. The zero-order valence-electron chi connectivity index (χ0n) is 11.0. The molecule has 2 aromatic rings.